The van der Waals surface area contributed by atoms with E-state index in [1.165, 1.54) is 48.5 Å². The van der Waals surface area contributed by atoms with Gasteiger partial charge >= 0.3 is 5.97 Å². The van der Waals surface area contributed by atoms with Gasteiger partial charge in [-0.05, 0) is 42.3 Å². The third kappa shape index (κ3) is 3.10. The number of fused-ring (bicyclic) bond motifs is 5. The third-order valence-electron chi connectivity index (χ3n) is 7.62. The van der Waals surface area contributed by atoms with Crippen molar-refractivity contribution in [2.24, 2.45) is 0 Å². The first-order chi connectivity index (χ1) is 14.8. The van der Waals surface area contributed by atoms with Gasteiger partial charge in [0.1, 0.15) is 42.0 Å². The molecule has 3 aliphatic heterocycles. The molecule has 1 N–H and O–H groups in total. The number of esters is 1. The number of hydrogen-bond acceptors (Lipinski definition) is 4. The first-order valence-corrected chi connectivity index (χ1v) is 10.7. The summed E-state index contributed by atoms with van der Waals surface area (Å²) in [6.07, 6.45) is 1.41. The van der Waals surface area contributed by atoms with Gasteiger partial charge in [0.2, 0.25) is 5.60 Å². The highest BCUT2D eigenvalue weighted by atomic mass is 19.1. The quantitative estimate of drug-likeness (QED) is 0.450. The van der Waals surface area contributed by atoms with Crippen LogP contribution >= 0.6 is 0 Å². The molecule has 2 bridgehead atoms. The molecule has 0 spiro atoms. The molecule has 0 radical (unpaired) electrons. The standard InChI is InChI=1S/C24H26F2NO4/c1-3-27(2)19-12-18(13-20(27)22-21(19)31-22)30-23(28)24(29,14-4-8-16(25)9-5-14)15-6-10-17(26)11-7-15/h4-11,18-22,29H,3,12-13H2,1-2H3/q+1/t18?,19-,20?,21-,22?,27?/m0/s1. The highest BCUT2D eigenvalue weighted by Gasteiger charge is 2.71. The Balaban J connectivity index is 1.43. The maximum absolute atomic E-state index is 13.5. The number of nitrogens with zero attached hydrogens (tertiary/aromatic N) is 1. The number of likely N-dealkylation sites (N-methyl/N-ethyl adjacent to an activating group) is 1. The maximum atomic E-state index is 13.5. The number of ether oxygens (including phenoxy) is 2. The molecule has 31 heavy (non-hydrogen) atoms. The van der Waals surface area contributed by atoms with Gasteiger partial charge in [0.15, 0.2) is 0 Å². The lowest BCUT2D eigenvalue weighted by Crippen LogP contribution is -2.62. The van der Waals surface area contributed by atoms with Gasteiger partial charge in [0, 0.05) is 12.8 Å². The van der Waals surface area contributed by atoms with Crippen LogP contribution in [0.1, 0.15) is 30.9 Å². The Bertz CT molecular complexity index is 930. The Labute approximate surface area is 179 Å². The van der Waals surface area contributed by atoms with E-state index in [9.17, 15) is 18.7 Å². The van der Waals surface area contributed by atoms with E-state index in [0.717, 1.165) is 11.0 Å². The van der Waals surface area contributed by atoms with Crippen LogP contribution in [0, 0.1) is 11.6 Å². The number of halogens is 2. The van der Waals surface area contributed by atoms with Crippen molar-refractivity contribution >= 4 is 5.97 Å². The molecule has 7 heteroatoms. The van der Waals surface area contributed by atoms with Crippen LogP contribution in [0.3, 0.4) is 0 Å². The van der Waals surface area contributed by atoms with Gasteiger partial charge in [-0.2, -0.15) is 0 Å². The summed E-state index contributed by atoms with van der Waals surface area (Å²) in [7, 11) is 2.23. The summed E-state index contributed by atoms with van der Waals surface area (Å²) in [5.41, 5.74) is -1.82. The number of hydrogen-bond donors (Lipinski definition) is 1. The Morgan fingerprint density at radius 1 is 1.03 bits per heavy atom. The van der Waals surface area contributed by atoms with Gasteiger partial charge in [-0.25, -0.2) is 13.6 Å². The average molecular weight is 430 g/mol. The molecule has 5 rings (SSSR count). The van der Waals surface area contributed by atoms with Gasteiger partial charge in [-0.1, -0.05) is 24.3 Å². The first-order valence-electron chi connectivity index (χ1n) is 10.7. The van der Waals surface area contributed by atoms with Gasteiger partial charge in [0.25, 0.3) is 0 Å². The summed E-state index contributed by atoms with van der Waals surface area (Å²) >= 11 is 0. The second kappa shape index (κ2) is 7.08. The molecule has 3 aliphatic rings. The Kier molecular flexibility index (Phi) is 4.70. The van der Waals surface area contributed by atoms with E-state index in [4.69, 9.17) is 9.47 Å². The molecule has 0 aliphatic carbocycles. The monoisotopic (exact) mass is 430 g/mol. The lowest BCUT2D eigenvalue weighted by molar-refractivity contribution is -0.954. The van der Waals surface area contributed by atoms with E-state index >= 15 is 0 Å². The number of aliphatic hydroxyl groups is 1. The fourth-order valence-corrected chi connectivity index (χ4v) is 5.64. The summed E-state index contributed by atoms with van der Waals surface area (Å²) in [4.78, 5) is 13.4. The van der Waals surface area contributed by atoms with Gasteiger partial charge in [0.05, 0.1) is 13.6 Å². The van der Waals surface area contributed by atoms with Crippen LogP contribution in [0.5, 0.6) is 0 Å². The lowest BCUT2D eigenvalue weighted by atomic mass is 9.86. The molecule has 5 nitrogen and oxygen atoms in total. The Hall–Kier alpha value is -2.35. The van der Waals surface area contributed by atoms with Gasteiger partial charge in [-0.3, -0.25) is 0 Å². The first kappa shape index (κ1) is 20.5. The fourth-order valence-electron chi connectivity index (χ4n) is 5.64. The van der Waals surface area contributed by atoms with Crippen LogP contribution in [0.15, 0.2) is 48.5 Å². The van der Waals surface area contributed by atoms with Crippen LogP contribution in [0.25, 0.3) is 0 Å². The number of benzene rings is 2. The van der Waals surface area contributed by atoms with Crippen molar-refractivity contribution in [2.75, 3.05) is 13.6 Å². The minimum absolute atomic E-state index is 0.171. The number of carbonyl (C=O) groups excluding carboxylic acids is 1. The van der Waals surface area contributed by atoms with Gasteiger partial charge < -0.3 is 19.1 Å². The molecule has 164 valence electrons. The molecule has 3 saturated heterocycles. The van der Waals surface area contributed by atoms with Crippen molar-refractivity contribution in [1.82, 2.24) is 0 Å². The van der Waals surface area contributed by atoms with Crippen LogP contribution in [-0.2, 0) is 19.9 Å². The number of epoxide rings is 1. The summed E-state index contributed by atoms with van der Waals surface area (Å²) in [6.45, 7) is 3.15. The summed E-state index contributed by atoms with van der Waals surface area (Å²) < 4.78 is 39.6. The third-order valence-corrected chi connectivity index (χ3v) is 7.62. The van der Waals surface area contributed by atoms with E-state index in [-0.39, 0.29) is 41.5 Å². The van der Waals surface area contributed by atoms with Crippen molar-refractivity contribution in [3.63, 3.8) is 0 Å². The molecular formula is C24H26F2NO4+. The highest BCUT2D eigenvalue weighted by molar-refractivity contribution is 5.85. The molecular weight excluding hydrogens is 404 g/mol. The molecule has 0 aromatic heterocycles. The van der Waals surface area contributed by atoms with Crippen LogP contribution in [0.4, 0.5) is 8.78 Å². The van der Waals surface area contributed by atoms with E-state index < -0.39 is 23.2 Å². The Morgan fingerprint density at radius 2 is 1.48 bits per heavy atom. The van der Waals surface area contributed by atoms with Crippen LogP contribution < -0.4 is 0 Å². The Morgan fingerprint density at radius 3 is 1.90 bits per heavy atom. The normalized spacial score (nSPS) is 33.6. The van der Waals surface area contributed by atoms with E-state index in [2.05, 4.69) is 14.0 Å². The van der Waals surface area contributed by atoms with Crippen molar-refractivity contribution < 1.29 is 32.6 Å². The fraction of sp³-hybridized carbons (Fsp3) is 0.458. The minimum Gasteiger partial charge on any atom is -0.459 e. The van der Waals surface area contributed by atoms with E-state index in [1.807, 2.05) is 0 Å². The van der Waals surface area contributed by atoms with Crippen LogP contribution in [-0.4, -0.2) is 59.5 Å². The topological polar surface area (TPSA) is 59.1 Å². The second-order valence-electron chi connectivity index (χ2n) is 9.09. The maximum Gasteiger partial charge on any atom is 0.347 e. The smallest absolute Gasteiger partial charge is 0.347 e. The summed E-state index contributed by atoms with van der Waals surface area (Å²) in [5, 5.41) is 11.5. The zero-order valence-corrected chi connectivity index (χ0v) is 17.5. The SMILES string of the molecule is CC[N+]1(C)C2CC(OC(=O)C(O)(c3ccc(F)cc3)c3ccc(F)cc3)C[C@H]1[C@@H]1OC21. The molecule has 2 aromatic rings. The molecule has 2 aromatic carbocycles. The predicted molar refractivity (Wildman–Crippen MR) is 108 cm³/mol. The summed E-state index contributed by atoms with van der Waals surface area (Å²) in [5.74, 6) is -1.81. The molecule has 0 saturated carbocycles. The zero-order valence-electron chi connectivity index (χ0n) is 17.5. The zero-order chi connectivity index (χ0) is 22.0. The molecule has 0 amide bonds. The van der Waals surface area contributed by atoms with E-state index in [0.29, 0.717) is 12.8 Å². The average Bonchev–Trinajstić information content (AvgIpc) is 3.53. The number of quaternary nitrogens is 1. The van der Waals surface area contributed by atoms with E-state index in [1.54, 1.807) is 0 Å². The second-order valence-corrected chi connectivity index (χ2v) is 9.09. The minimum atomic E-state index is -2.17. The highest BCUT2D eigenvalue weighted by Crippen LogP contribution is 2.52. The summed E-state index contributed by atoms with van der Waals surface area (Å²) in [6, 6.07) is 10.6. The lowest BCUT2D eigenvalue weighted by Gasteiger charge is -2.47. The van der Waals surface area contributed by atoms with Crippen molar-refractivity contribution in [3.8, 4) is 0 Å². The van der Waals surface area contributed by atoms with Crippen molar-refractivity contribution in [3.05, 3.63) is 71.3 Å². The van der Waals surface area contributed by atoms with Crippen molar-refractivity contribution in [1.29, 1.82) is 0 Å². The number of carbonyl (C=O) groups is 1. The molecule has 4 unspecified atom stereocenters. The van der Waals surface area contributed by atoms with Crippen molar-refractivity contribution in [2.45, 2.75) is 55.8 Å². The largest absolute Gasteiger partial charge is 0.459 e. The van der Waals surface area contributed by atoms with Crippen LogP contribution in [0.2, 0.25) is 0 Å². The molecule has 3 heterocycles. The number of morpholine rings is 1. The van der Waals surface area contributed by atoms with Gasteiger partial charge in [-0.15, -0.1) is 0 Å². The molecule has 3 fully saturated rings. The predicted octanol–water partition coefficient (Wildman–Crippen LogP) is 2.89. The number of rotatable bonds is 5. The number of piperidine rings is 1. The molecule has 6 atom stereocenters.